The van der Waals surface area contributed by atoms with Crippen LogP contribution in [0.25, 0.3) is 10.2 Å². The summed E-state index contributed by atoms with van der Waals surface area (Å²) in [4.78, 5) is 35.6. The molecule has 4 heterocycles. The van der Waals surface area contributed by atoms with Crippen molar-refractivity contribution in [2.75, 3.05) is 31.1 Å². The topological polar surface area (TPSA) is 79.2 Å². The van der Waals surface area contributed by atoms with Crippen LogP contribution < -0.4 is 15.4 Å². The van der Waals surface area contributed by atoms with E-state index in [9.17, 15) is 4.79 Å². The lowest BCUT2D eigenvalue weighted by Crippen LogP contribution is -3.14. The molecule has 0 radical (unpaired) electrons. The summed E-state index contributed by atoms with van der Waals surface area (Å²) in [6, 6.07) is 2.00. The molecular weight excluding hydrogens is 384 g/mol. The summed E-state index contributed by atoms with van der Waals surface area (Å²) in [6.45, 7) is 8.22. The van der Waals surface area contributed by atoms with Crippen LogP contribution in [0.3, 0.4) is 0 Å². The molecule has 3 aromatic heterocycles. The predicted octanol–water partition coefficient (Wildman–Crippen LogP) is 1.37. The van der Waals surface area contributed by atoms with Crippen molar-refractivity contribution in [3.05, 3.63) is 45.1 Å². The predicted molar refractivity (Wildman–Crippen MR) is 115 cm³/mol. The third-order valence-corrected chi connectivity index (χ3v) is 7.60. The molecule has 3 aromatic rings. The van der Waals surface area contributed by atoms with Crippen LogP contribution in [0.4, 0.5) is 5.95 Å². The molecular formula is C21H27N6OS+. The molecule has 0 unspecified atom stereocenters. The Morgan fingerprint density at radius 2 is 2.03 bits per heavy atom. The van der Waals surface area contributed by atoms with Crippen molar-refractivity contribution in [2.24, 2.45) is 5.92 Å². The Morgan fingerprint density at radius 1 is 1.28 bits per heavy atom. The monoisotopic (exact) mass is 411 g/mol. The van der Waals surface area contributed by atoms with Gasteiger partial charge >= 0.3 is 0 Å². The van der Waals surface area contributed by atoms with Gasteiger partial charge in [0, 0.05) is 17.3 Å². The van der Waals surface area contributed by atoms with Crippen molar-refractivity contribution in [2.45, 2.75) is 39.2 Å². The molecule has 0 saturated carbocycles. The summed E-state index contributed by atoms with van der Waals surface area (Å²) in [5.74, 6) is 2.31. The lowest BCUT2D eigenvalue weighted by Gasteiger charge is -2.34. The number of quaternary nitrogens is 1. The zero-order valence-electron chi connectivity index (χ0n) is 16.9. The SMILES string of the molecule is C[C@@H]1CCc2c(sc3nc([C@H](C)[NH+]4CCN(c5ncccn5)CC4)[nH]c(=O)c23)C1. The number of hydrogen-bond donors (Lipinski definition) is 2. The van der Waals surface area contributed by atoms with Crippen molar-refractivity contribution in [1.82, 2.24) is 19.9 Å². The lowest BCUT2D eigenvalue weighted by atomic mass is 9.89. The number of aromatic nitrogens is 4. The number of anilines is 1. The van der Waals surface area contributed by atoms with Gasteiger partial charge in [0.1, 0.15) is 10.9 Å². The van der Waals surface area contributed by atoms with Gasteiger partial charge in [-0.2, -0.15) is 0 Å². The highest BCUT2D eigenvalue weighted by Gasteiger charge is 2.29. The van der Waals surface area contributed by atoms with Crippen molar-refractivity contribution < 1.29 is 4.90 Å². The molecule has 1 aliphatic heterocycles. The molecule has 2 atom stereocenters. The molecule has 29 heavy (non-hydrogen) atoms. The first kappa shape index (κ1) is 18.7. The number of rotatable bonds is 3. The molecule has 2 aliphatic rings. The summed E-state index contributed by atoms with van der Waals surface area (Å²) >= 11 is 1.73. The zero-order chi connectivity index (χ0) is 20.0. The molecule has 8 heteroatoms. The molecule has 152 valence electrons. The van der Waals surface area contributed by atoms with Crippen molar-refractivity contribution in [3.8, 4) is 0 Å². The standard InChI is InChI=1S/C21H26N6OS/c1-13-4-5-15-16(12-13)29-20-17(15)19(28)24-18(25-20)14(2)26-8-10-27(11-9-26)21-22-6-3-7-23-21/h3,6-7,13-14H,4-5,8-12H2,1-2H3,(H,24,25,28)/p+1/t13-,14+/m1/s1. The van der Waals surface area contributed by atoms with Crippen LogP contribution in [0.5, 0.6) is 0 Å². The number of fused-ring (bicyclic) bond motifs is 3. The van der Waals surface area contributed by atoms with Crippen LogP contribution in [-0.2, 0) is 12.8 Å². The zero-order valence-corrected chi connectivity index (χ0v) is 17.8. The van der Waals surface area contributed by atoms with Crippen LogP contribution in [0.2, 0.25) is 0 Å². The Balaban J connectivity index is 1.36. The largest absolute Gasteiger partial charge is 0.330 e. The Kier molecular flexibility index (Phi) is 4.83. The normalized spacial score (nSPS) is 21.3. The second kappa shape index (κ2) is 7.50. The molecule has 0 bridgehead atoms. The quantitative estimate of drug-likeness (QED) is 0.681. The fourth-order valence-electron chi connectivity index (χ4n) is 4.65. The highest BCUT2D eigenvalue weighted by atomic mass is 32.1. The van der Waals surface area contributed by atoms with E-state index in [1.54, 1.807) is 23.7 Å². The van der Waals surface area contributed by atoms with Crippen LogP contribution in [0.15, 0.2) is 23.3 Å². The highest BCUT2D eigenvalue weighted by molar-refractivity contribution is 7.18. The highest BCUT2D eigenvalue weighted by Crippen LogP contribution is 2.35. The second-order valence-corrected chi connectivity index (χ2v) is 9.48. The summed E-state index contributed by atoms with van der Waals surface area (Å²) in [5, 5.41) is 0.842. The summed E-state index contributed by atoms with van der Waals surface area (Å²) in [7, 11) is 0. The van der Waals surface area contributed by atoms with E-state index in [-0.39, 0.29) is 11.6 Å². The minimum Gasteiger partial charge on any atom is -0.330 e. The van der Waals surface area contributed by atoms with Crippen LogP contribution >= 0.6 is 11.3 Å². The minimum absolute atomic E-state index is 0.0413. The first-order valence-electron chi connectivity index (χ1n) is 10.5. The number of nitrogens with one attached hydrogen (secondary N) is 2. The molecule has 5 rings (SSSR count). The van der Waals surface area contributed by atoms with E-state index >= 15 is 0 Å². The number of piperazine rings is 1. The van der Waals surface area contributed by atoms with Gasteiger partial charge in [0.25, 0.3) is 5.56 Å². The van der Waals surface area contributed by atoms with Gasteiger partial charge in [-0.1, -0.05) is 6.92 Å². The third kappa shape index (κ3) is 3.44. The van der Waals surface area contributed by atoms with E-state index < -0.39 is 0 Å². The molecule has 2 N–H and O–H groups in total. The molecule has 0 spiro atoms. The summed E-state index contributed by atoms with van der Waals surface area (Å²) < 4.78 is 0. The Labute approximate surface area is 173 Å². The fraction of sp³-hybridized carbons (Fsp3) is 0.524. The summed E-state index contributed by atoms with van der Waals surface area (Å²) in [5.41, 5.74) is 1.29. The first-order chi connectivity index (χ1) is 14.1. The third-order valence-electron chi connectivity index (χ3n) is 6.45. The maximum absolute atomic E-state index is 12.9. The molecule has 0 amide bonds. The smallest absolute Gasteiger partial charge is 0.260 e. The number of aryl methyl sites for hydroxylation is 1. The van der Waals surface area contributed by atoms with Gasteiger partial charge < -0.3 is 14.8 Å². The number of hydrogen-bond acceptors (Lipinski definition) is 6. The van der Waals surface area contributed by atoms with Crippen molar-refractivity contribution >= 4 is 27.5 Å². The molecule has 0 aromatic carbocycles. The number of aromatic amines is 1. The van der Waals surface area contributed by atoms with E-state index in [1.165, 1.54) is 15.3 Å². The maximum Gasteiger partial charge on any atom is 0.260 e. The van der Waals surface area contributed by atoms with E-state index in [0.717, 1.165) is 67.4 Å². The van der Waals surface area contributed by atoms with E-state index in [4.69, 9.17) is 4.98 Å². The van der Waals surface area contributed by atoms with E-state index in [1.807, 2.05) is 6.07 Å². The number of thiophene rings is 1. The summed E-state index contributed by atoms with van der Waals surface area (Å²) in [6.07, 6.45) is 6.82. The minimum atomic E-state index is 0.0413. The van der Waals surface area contributed by atoms with Crippen LogP contribution in [0, 0.1) is 5.92 Å². The molecule has 7 nitrogen and oxygen atoms in total. The fourth-order valence-corrected chi connectivity index (χ4v) is 6.04. The van der Waals surface area contributed by atoms with E-state index in [2.05, 4.69) is 33.7 Å². The van der Waals surface area contributed by atoms with Gasteiger partial charge in [-0.3, -0.25) is 4.79 Å². The number of nitrogens with zero attached hydrogens (tertiary/aromatic N) is 4. The van der Waals surface area contributed by atoms with Crippen molar-refractivity contribution in [1.29, 1.82) is 0 Å². The van der Waals surface area contributed by atoms with Gasteiger partial charge in [-0.25, -0.2) is 15.0 Å². The van der Waals surface area contributed by atoms with Crippen LogP contribution in [0.1, 0.15) is 42.6 Å². The Hall–Kier alpha value is -2.32. The molecule has 1 fully saturated rings. The second-order valence-electron chi connectivity index (χ2n) is 8.40. The lowest BCUT2D eigenvalue weighted by molar-refractivity contribution is -0.930. The van der Waals surface area contributed by atoms with Gasteiger partial charge in [-0.15, -0.1) is 11.3 Å². The van der Waals surface area contributed by atoms with Gasteiger partial charge in [0.15, 0.2) is 5.82 Å². The first-order valence-corrected chi connectivity index (χ1v) is 11.3. The van der Waals surface area contributed by atoms with Gasteiger partial charge in [0.2, 0.25) is 5.95 Å². The van der Waals surface area contributed by atoms with E-state index in [0.29, 0.717) is 5.92 Å². The molecule has 1 aliphatic carbocycles. The van der Waals surface area contributed by atoms with Crippen molar-refractivity contribution in [3.63, 3.8) is 0 Å². The van der Waals surface area contributed by atoms with Gasteiger partial charge in [0.05, 0.1) is 31.6 Å². The number of H-pyrrole nitrogens is 1. The average Bonchev–Trinajstić information content (AvgIpc) is 3.11. The van der Waals surface area contributed by atoms with Crippen LogP contribution in [-0.4, -0.2) is 46.1 Å². The Bertz CT molecular complexity index is 1070. The maximum atomic E-state index is 12.9. The van der Waals surface area contributed by atoms with Gasteiger partial charge in [-0.05, 0) is 43.7 Å². The molecule has 1 saturated heterocycles. The average molecular weight is 412 g/mol. The Morgan fingerprint density at radius 3 is 2.79 bits per heavy atom.